The van der Waals surface area contributed by atoms with Crippen molar-refractivity contribution in [2.45, 2.75) is 25.3 Å². The molecule has 0 atom stereocenters. The van der Waals surface area contributed by atoms with Crippen molar-refractivity contribution < 1.29 is 9.90 Å². The van der Waals surface area contributed by atoms with Crippen molar-refractivity contribution in [1.29, 1.82) is 0 Å². The van der Waals surface area contributed by atoms with E-state index in [9.17, 15) is 9.90 Å². The van der Waals surface area contributed by atoms with E-state index >= 15 is 0 Å². The van der Waals surface area contributed by atoms with Crippen LogP contribution in [0.4, 0.5) is 11.4 Å². The van der Waals surface area contributed by atoms with E-state index in [-0.39, 0.29) is 6.61 Å². The van der Waals surface area contributed by atoms with Crippen LogP contribution in [0.5, 0.6) is 0 Å². The molecule has 18 heavy (non-hydrogen) atoms. The number of hydrogen-bond donors (Lipinski definition) is 3. The van der Waals surface area contributed by atoms with Crippen molar-refractivity contribution in [3.05, 3.63) is 23.8 Å². The fraction of sp³-hybridized carbons (Fsp3) is 0.462. The van der Waals surface area contributed by atoms with Gasteiger partial charge in [0, 0.05) is 18.3 Å². The third-order valence-corrected chi connectivity index (χ3v) is 3.45. The van der Waals surface area contributed by atoms with E-state index in [1.165, 1.54) is 6.42 Å². The number of rotatable bonds is 5. The van der Waals surface area contributed by atoms with Gasteiger partial charge in [-0.05, 0) is 37.5 Å². The highest BCUT2D eigenvalue weighted by molar-refractivity contribution is 5.99. The highest BCUT2D eigenvalue weighted by Gasteiger charge is 2.27. The van der Waals surface area contributed by atoms with Crippen LogP contribution in [0.15, 0.2) is 18.2 Å². The molecule has 5 heteroatoms. The van der Waals surface area contributed by atoms with Crippen LogP contribution >= 0.6 is 0 Å². The minimum Gasteiger partial charge on any atom is -0.399 e. The molecule has 0 aromatic heterocycles. The Kier molecular flexibility index (Phi) is 3.72. The second-order valence-corrected chi connectivity index (χ2v) is 4.64. The first-order chi connectivity index (χ1) is 8.63. The summed E-state index contributed by atoms with van der Waals surface area (Å²) in [5.74, 6) is -0.465. The molecule has 0 saturated heterocycles. The number of carbonyl (C=O) groups is 1. The number of aliphatic hydroxyl groups excluding tert-OH is 1. The fourth-order valence-electron chi connectivity index (χ4n) is 2.30. The molecular weight excluding hydrogens is 230 g/mol. The molecule has 0 unspecified atom stereocenters. The van der Waals surface area contributed by atoms with Crippen molar-refractivity contribution in [1.82, 2.24) is 0 Å². The Morgan fingerprint density at radius 1 is 1.44 bits per heavy atom. The molecule has 1 saturated carbocycles. The molecule has 5 N–H and O–H groups in total. The predicted octanol–water partition coefficient (Wildman–Crippen LogP) is 0.719. The number of nitrogens with zero attached hydrogens (tertiary/aromatic N) is 1. The van der Waals surface area contributed by atoms with Crippen LogP contribution in [0.1, 0.15) is 29.6 Å². The zero-order valence-corrected chi connectivity index (χ0v) is 10.3. The zero-order valence-electron chi connectivity index (χ0n) is 10.3. The summed E-state index contributed by atoms with van der Waals surface area (Å²) in [6.45, 7) is 0.540. The number of carbonyl (C=O) groups excluding carboxylic acids is 1. The monoisotopic (exact) mass is 249 g/mol. The molecule has 0 radical (unpaired) electrons. The molecular formula is C13H19N3O2. The van der Waals surface area contributed by atoms with Gasteiger partial charge in [0.05, 0.1) is 17.9 Å². The molecule has 1 aromatic carbocycles. The summed E-state index contributed by atoms with van der Waals surface area (Å²) < 4.78 is 0. The molecule has 0 bridgehead atoms. The number of nitrogen functional groups attached to an aromatic ring is 1. The molecule has 0 aliphatic heterocycles. The predicted molar refractivity (Wildman–Crippen MR) is 71.4 cm³/mol. The molecule has 5 nitrogen and oxygen atoms in total. The molecule has 1 amide bonds. The minimum atomic E-state index is -0.465. The van der Waals surface area contributed by atoms with E-state index in [0.717, 1.165) is 18.5 Å². The number of hydrogen-bond acceptors (Lipinski definition) is 4. The quantitative estimate of drug-likeness (QED) is 0.670. The summed E-state index contributed by atoms with van der Waals surface area (Å²) in [7, 11) is 0. The maximum absolute atomic E-state index is 11.5. The van der Waals surface area contributed by atoms with Crippen LogP contribution < -0.4 is 16.4 Å². The summed E-state index contributed by atoms with van der Waals surface area (Å²) in [4.78, 5) is 13.5. The molecule has 2 rings (SSSR count). The van der Waals surface area contributed by atoms with Crippen molar-refractivity contribution in [3.8, 4) is 0 Å². The lowest BCUT2D eigenvalue weighted by Gasteiger charge is -2.39. The van der Waals surface area contributed by atoms with Crippen LogP contribution in [0, 0.1) is 0 Å². The number of anilines is 2. The summed E-state index contributed by atoms with van der Waals surface area (Å²) in [6, 6.07) is 5.45. The van der Waals surface area contributed by atoms with Crippen molar-refractivity contribution in [3.63, 3.8) is 0 Å². The van der Waals surface area contributed by atoms with Crippen molar-refractivity contribution in [2.24, 2.45) is 5.73 Å². The highest BCUT2D eigenvalue weighted by atomic mass is 16.3. The number of benzene rings is 1. The number of primary amides is 1. The van der Waals surface area contributed by atoms with Gasteiger partial charge in [0.15, 0.2) is 0 Å². The Bertz CT molecular complexity index is 444. The van der Waals surface area contributed by atoms with Gasteiger partial charge < -0.3 is 21.5 Å². The van der Waals surface area contributed by atoms with Gasteiger partial charge in [0.2, 0.25) is 0 Å². The molecule has 1 fully saturated rings. The summed E-state index contributed by atoms with van der Waals surface area (Å²) in [5, 5.41) is 9.18. The number of amides is 1. The van der Waals surface area contributed by atoms with Crippen LogP contribution in [0.3, 0.4) is 0 Å². The van der Waals surface area contributed by atoms with Gasteiger partial charge >= 0.3 is 0 Å². The Hall–Kier alpha value is -1.75. The molecule has 0 heterocycles. The zero-order chi connectivity index (χ0) is 13.1. The second-order valence-electron chi connectivity index (χ2n) is 4.64. The first kappa shape index (κ1) is 12.7. The summed E-state index contributed by atoms with van der Waals surface area (Å²) in [6.07, 6.45) is 3.33. The van der Waals surface area contributed by atoms with E-state index in [1.54, 1.807) is 18.2 Å². The van der Waals surface area contributed by atoms with Crippen molar-refractivity contribution in [2.75, 3.05) is 23.8 Å². The van der Waals surface area contributed by atoms with E-state index < -0.39 is 5.91 Å². The number of aliphatic hydroxyl groups is 1. The molecule has 98 valence electrons. The first-order valence-electron chi connectivity index (χ1n) is 6.20. The van der Waals surface area contributed by atoms with Gasteiger partial charge in [0.1, 0.15) is 0 Å². The van der Waals surface area contributed by atoms with E-state index in [2.05, 4.69) is 0 Å². The molecule has 1 aliphatic carbocycles. The Balaban J connectivity index is 2.37. The van der Waals surface area contributed by atoms with Gasteiger partial charge in [-0.25, -0.2) is 0 Å². The average molecular weight is 249 g/mol. The molecule has 1 aromatic rings. The standard InChI is InChI=1S/C13H19N3O2/c14-9-4-5-11(13(15)18)12(8-9)16(6-7-17)10-2-1-3-10/h4-5,8,10,17H,1-3,6-7,14H2,(H2,15,18). The molecule has 1 aliphatic rings. The van der Waals surface area contributed by atoms with E-state index in [0.29, 0.717) is 23.8 Å². The average Bonchev–Trinajstić information content (AvgIpc) is 2.25. The van der Waals surface area contributed by atoms with E-state index in [4.69, 9.17) is 11.5 Å². The maximum atomic E-state index is 11.5. The van der Waals surface area contributed by atoms with Gasteiger partial charge in [0.25, 0.3) is 5.91 Å². The third-order valence-electron chi connectivity index (χ3n) is 3.45. The van der Waals surface area contributed by atoms with Gasteiger partial charge in [-0.2, -0.15) is 0 Å². The number of nitrogens with two attached hydrogens (primary N) is 2. The highest BCUT2D eigenvalue weighted by Crippen LogP contribution is 2.32. The normalized spacial score (nSPS) is 15.2. The summed E-state index contributed by atoms with van der Waals surface area (Å²) >= 11 is 0. The first-order valence-corrected chi connectivity index (χ1v) is 6.20. The van der Waals surface area contributed by atoms with Gasteiger partial charge in [-0.15, -0.1) is 0 Å². The van der Waals surface area contributed by atoms with E-state index in [1.807, 2.05) is 4.90 Å². The lowest BCUT2D eigenvalue weighted by molar-refractivity contribution is 0.100. The second kappa shape index (κ2) is 5.27. The van der Waals surface area contributed by atoms with Crippen LogP contribution in [0.2, 0.25) is 0 Å². The minimum absolute atomic E-state index is 0.0451. The van der Waals surface area contributed by atoms with Crippen LogP contribution in [-0.2, 0) is 0 Å². The Morgan fingerprint density at radius 2 is 2.17 bits per heavy atom. The lowest BCUT2D eigenvalue weighted by Crippen LogP contribution is -2.43. The SMILES string of the molecule is NC(=O)c1ccc(N)cc1N(CCO)C1CCC1. The topological polar surface area (TPSA) is 92.6 Å². The summed E-state index contributed by atoms with van der Waals surface area (Å²) in [5.41, 5.74) is 13.0. The largest absolute Gasteiger partial charge is 0.399 e. The van der Waals surface area contributed by atoms with Gasteiger partial charge in [-0.3, -0.25) is 4.79 Å². The van der Waals surface area contributed by atoms with Crippen LogP contribution in [0.25, 0.3) is 0 Å². The molecule has 0 spiro atoms. The van der Waals surface area contributed by atoms with Crippen LogP contribution in [-0.4, -0.2) is 30.2 Å². The smallest absolute Gasteiger partial charge is 0.250 e. The maximum Gasteiger partial charge on any atom is 0.250 e. The fourth-order valence-corrected chi connectivity index (χ4v) is 2.30. The third kappa shape index (κ3) is 2.41. The Morgan fingerprint density at radius 3 is 2.67 bits per heavy atom. The Labute approximate surface area is 106 Å². The van der Waals surface area contributed by atoms with Gasteiger partial charge in [-0.1, -0.05) is 0 Å². The van der Waals surface area contributed by atoms with Crippen molar-refractivity contribution >= 4 is 17.3 Å². The lowest BCUT2D eigenvalue weighted by atomic mass is 9.90.